The molecule has 0 fully saturated rings. The Hall–Kier alpha value is -0.800. The zero-order valence-electron chi connectivity index (χ0n) is 7.99. The maximum atomic E-state index is 8.74. The van der Waals surface area contributed by atoms with Crippen LogP contribution in [0.1, 0.15) is 19.3 Å². The highest BCUT2D eigenvalue weighted by Gasteiger charge is 2.12. The molecule has 0 heterocycles. The molecule has 1 aliphatic rings. The van der Waals surface area contributed by atoms with Gasteiger partial charge in [-0.05, 0) is 37.0 Å². The second-order valence-electron chi connectivity index (χ2n) is 3.19. The van der Waals surface area contributed by atoms with Crippen molar-refractivity contribution in [3.63, 3.8) is 0 Å². The highest BCUT2D eigenvalue weighted by molar-refractivity contribution is 5.26. The van der Waals surface area contributed by atoms with E-state index in [0.29, 0.717) is 6.42 Å². The minimum absolute atomic E-state index is 0.0242. The van der Waals surface area contributed by atoms with E-state index in [2.05, 4.69) is 6.08 Å². The minimum Gasteiger partial charge on any atom is -0.497 e. The Morgan fingerprint density at radius 2 is 2.46 bits per heavy atom. The second kappa shape index (κ2) is 5.04. The zero-order valence-corrected chi connectivity index (χ0v) is 7.99. The predicted molar refractivity (Wildman–Crippen MR) is 52.1 cm³/mol. The van der Waals surface area contributed by atoms with Gasteiger partial charge in [0, 0.05) is 12.6 Å². The molecule has 0 aromatic carbocycles. The smallest absolute Gasteiger partial charge is 0.114 e. The summed E-state index contributed by atoms with van der Waals surface area (Å²) in [7, 11) is 1.66. The normalized spacial score (nSPS) is 19.0. The van der Waals surface area contributed by atoms with Gasteiger partial charge in [0.1, 0.15) is 5.76 Å². The van der Waals surface area contributed by atoms with E-state index in [9.17, 15) is 0 Å². The maximum absolute atomic E-state index is 8.74. The summed E-state index contributed by atoms with van der Waals surface area (Å²) in [6.07, 6.45) is 6.62. The molecule has 0 bridgehead atoms. The number of aliphatic hydroxyl groups is 1. The van der Waals surface area contributed by atoms with Crippen LogP contribution in [0, 0.1) is 0 Å². The monoisotopic (exact) mass is 183 g/mol. The first-order valence-corrected chi connectivity index (χ1v) is 4.59. The largest absolute Gasteiger partial charge is 0.497 e. The molecule has 0 aromatic heterocycles. The van der Waals surface area contributed by atoms with Crippen LogP contribution in [-0.2, 0) is 4.74 Å². The molecule has 1 atom stereocenters. The Morgan fingerprint density at radius 3 is 3.08 bits per heavy atom. The van der Waals surface area contributed by atoms with Gasteiger partial charge in [-0.25, -0.2) is 0 Å². The number of methoxy groups -OCH3 is 1. The van der Waals surface area contributed by atoms with E-state index in [-0.39, 0.29) is 12.6 Å². The molecule has 1 aliphatic carbocycles. The summed E-state index contributed by atoms with van der Waals surface area (Å²) >= 11 is 0. The first-order valence-electron chi connectivity index (χ1n) is 4.59. The molecule has 0 amide bonds. The van der Waals surface area contributed by atoms with Crippen molar-refractivity contribution in [2.45, 2.75) is 25.3 Å². The van der Waals surface area contributed by atoms with Gasteiger partial charge in [0.15, 0.2) is 0 Å². The van der Waals surface area contributed by atoms with Crippen LogP contribution in [0.15, 0.2) is 23.5 Å². The third-order valence-electron chi connectivity index (χ3n) is 2.26. The van der Waals surface area contributed by atoms with Crippen LogP contribution in [-0.4, -0.2) is 24.9 Å². The van der Waals surface area contributed by atoms with Gasteiger partial charge in [0.2, 0.25) is 0 Å². The van der Waals surface area contributed by atoms with Gasteiger partial charge in [-0.15, -0.1) is 0 Å². The number of rotatable bonds is 4. The zero-order chi connectivity index (χ0) is 9.68. The molecular formula is C10H17NO2. The van der Waals surface area contributed by atoms with E-state index in [0.717, 1.165) is 18.6 Å². The van der Waals surface area contributed by atoms with Crippen molar-refractivity contribution in [2.75, 3.05) is 13.7 Å². The van der Waals surface area contributed by atoms with Gasteiger partial charge < -0.3 is 15.6 Å². The summed E-state index contributed by atoms with van der Waals surface area (Å²) in [6, 6.07) is -0.0242. The molecule has 0 aromatic rings. The van der Waals surface area contributed by atoms with E-state index in [1.54, 1.807) is 7.11 Å². The standard InChI is InChI=1S/C10H17NO2/c1-13-9-4-2-3-8(7-9)10(11)5-6-12/h4,7,10,12H,2-3,5-6,11H2,1H3. The quantitative estimate of drug-likeness (QED) is 0.682. The lowest BCUT2D eigenvalue weighted by molar-refractivity contribution is 0.278. The van der Waals surface area contributed by atoms with Crippen molar-refractivity contribution in [1.29, 1.82) is 0 Å². The van der Waals surface area contributed by atoms with Gasteiger partial charge in [0.05, 0.1) is 7.11 Å². The van der Waals surface area contributed by atoms with E-state index in [4.69, 9.17) is 15.6 Å². The average molecular weight is 183 g/mol. The summed E-state index contributed by atoms with van der Waals surface area (Å²) in [5, 5.41) is 8.74. The van der Waals surface area contributed by atoms with Crippen LogP contribution < -0.4 is 5.73 Å². The third-order valence-corrected chi connectivity index (χ3v) is 2.26. The van der Waals surface area contributed by atoms with E-state index in [1.807, 2.05) is 6.08 Å². The lowest BCUT2D eigenvalue weighted by Crippen LogP contribution is -2.24. The van der Waals surface area contributed by atoms with E-state index >= 15 is 0 Å². The minimum atomic E-state index is -0.0242. The van der Waals surface area contributed by atoms with Gasteiger partial charge in [-0.1, -0.05) is 0 Å². The third kappa shape index (κ3) is 2.86. The van der Waals surface area contributed by atoms with Gasteiger partial charge in [-0.3, -0.25) is 0 Å². The predicted octanol–water partition coefficient (Wildman–Crippen LogP) is 0.947. The molecule has 1 unspecified atom stereocenters. The fraction of sp³-hybridized carbons (Fsp3) is 0.600. The Labute approximate surface area is 78.9 Å². The van der Waals surface area contributed by atoms with E-state index in [1.165, 1.54) is 5.57 Å². The number of ether oxygens (including phenoxy) is 1. The molecule has 13 heavy (non-hydrogen) atoms. The Balaban J connectivity index is 2.59. The fourth-order valence-corrected chi connectivity index (χ4v) is 1.45. The highest BCUT2D eigenvalue weighted by atomic mass is 16.5. The number of hydrogen-bond donors (Lipinski definition) is 2. The first kappa shape index (κ1) is 10.3. The SMILES string of the molecule is COC1=CCCC(C(N)CCO)=C1. The van der Waals surface area contributed by atoms with Crippen LogP contribution in [0.2, 0.25) is 0 Å². The molecule has 0 saturated heterocycles. The van der Waals surface area contributed by atoms with Crippen molar-refractivity contribution in [3.05, 3.63) is 23.5 Å². The lowest BCUT2D eigenvalue weighted by atomic mass is 9.96. The molecule has 0 spiro atoms. The number of nitrogens with two attached hydrogens (primary N) is 1. The summed E-state index contributed by atoms with van der Waals surface area (Å²) in [6.45, 7) is 0.143. The molecule has 3 N–H and O–H groups in total. The Morgan fingerprint density at radius 1 is 1.69 bits per heavy atom. The molecule has 3 nitrogen and oxygen atoms in total. The average Bonchev–Trinajstić information content (AvgIpc) is 2.18. The van der Waals surface area contributed by atoms with Crippen LogP contribution in [0.5, 0.6) is 0 Å². The highest BCUT2D eigenvalue weighted by Crippen LogP contribution is 2.20. The maximum Gasteiger partial charge on any atom is 0.114 e. The number of hydrogen-bond acceptors (Lipinski definition) is 3. The first-order chi connectivity index (χ1) is 6.27. The van der Waals surface area contributed by atoms with Crippen LogP contribution in [0.25, 0.3) is 0 Å². The van der Waals surface area contributed by atoms with Crippen LogP contribution in [0.3, 0.4) is 0 Å². The van der Waals surface area contributed by atoms with Gasteiger partial charge in [-0.2, -0.15) is 0 Å². The number of allylic oxidation sites excluding steroid dienone is 2. The van der Waals surface area contributed by atoms with E-state index < -0.39 is 0 Å². The van der Waals surface area contributed by atoms with Crippen molar-refractivity contribution < 1.29 is 9.84 Å². The topological polar surface area (TPSA) is 55.5 Å². The van der Waals surface area contributed by atoms with Crippen molar-refractivity contribution in [3.8, 4) is 0 Å². The summed E-state index contributed by atoms with van der Waals surface area (Å²) in [5.74, 6) is 0.884. The summed E-state index contributed by atoms with van der Waals surface area (Å²) in [4.78, 5) is 0. The number of aliphatic hydroxyl groups excluding tert-OH is 1. The van der Waals surface area contributed by atoms with Crippen molar-refractivity contribution >= 4 is 0 Å². The molecule has 74 valence electrons. The summed E-state index contributed by atoms with van der Waals surface area (Å²) in [5.41, 5.74) is 7.04. The Kier molecular flexibility index (Phi) is 3.99. The van der Waals surface area contributed by atoms with Crippen molar-refractivity contribution in [1.82, 2.24) is 0 Å². The molecule has 0 saturated carbocycles. The van der Waals surface area contributed by atoms with Crippen molar-refractivity contribution in [2.24, 2.45) is 5.73 Å². The summed E-state index contributed by atoms with van der Waals surface area (Å²) < 4.78 is 5.12. The van der Waals surface area contributed by atoms with Gasteiger partial charge in [0.25, 0.3) is 0 Å². The Bertz CT molecular complexity index is 221. The molecule has 1 rings (SSSR count). The fourth-order valence-electron chi connectivity index (χ4n) is 1.45. The second-order valence-corrected chi connectivity index (χ2v) is 3.19. The molecule has 3 heteroatoms. The molecular weight excluding hydrogens is 166 g/mol. The molecule has 0 radical (unpaired) electrons. The van der Waals surface area contributed by atoms with Crippen LogP contribution >= 0.6 is 0 Å². The van der Waals surface area contributed by atoms with Gasteiger partial charge >= 0.3 is 0 Å². The molecule has 0 aliphatic heterocycles. The lowest BCUT2D eigenvalue weighted by Gasteiger charge is -2.18. The van der Waals surface area contributed by atoms with Crippen LogP contribution in [0.4, 0.5) is 0 Å².